The van der Waals surface area contributed by atoms with Gasteiger partial charge in [0.15, 0.2) is 5.92 Å². The molecule has 0 radical (unpaired) electrons. The number of hydrogen-bond donors (Lipinski definition) is 0. The Morgan fingerprint density at radius 3 is 2.02 bits per heavy atom. The zero-order valence-corrected chi connectivity index (χ0v) is 25.2. The molecule has 0 spiro atoms. The summed E-state index contributed by atoms with van der Waals surface area (Å²) in [5.74, 6) is -1.08. The van der Waals surface area contributed by atoms with E-state index in [1.807, 2.05) is 60.7 Å². The third-order valence-corrected chi connectivity index (χ3v) is 7.76. The highest BCUT2D eigenvalue weighted by molar-refractivity contribution is 5.88. The molecule has 7 nitrogen and oxygen atoms in total. The van der Waals surface area contributed by atoms with Crippen LogP contribution in [0.2, 0.25) is 0 Å². The van der Waals surface area contributed by atoms with Gasteiger partial charge >= 0.3 is 0 Å². The number of benzene rings is 2. The molecule has 0 bridgehead atoms. The summed E-state index contributed by atoms with van der Waals surface area (Å²) in [6.07, 6.45) is 14.6. The van der Waals surface area contributed by atoms with Crippen molar-refractivity contribution in [3.63, 3.8) is 0 Å². The summed E-state index contributed by atoms with van der Waals surface area (Å²) in [5.41, 5.74) is 5.68. The monoisotopic (exact) mass is 595 g/mol. The van der Waals surface area contributed by atoms with E-state index in [1.54, 1.807) is 54.6 Å². The Hall–Kier alpha value is -6.64. The fourth-order valence-electron chi connectivity index (χ4n) is 5.68. The normalized spacial score (nSPS) is 16.8. The first-order chi connectivity index (χ1) is 22.6. The molecule has 2 aromatic rings. The zero-order valence-electron chi connectivity index (χ0n) is 25.2. The first kappa shape index (κ1) is 32.3. The van der Waals surface area contributed by atoms with Crippen molar-refractivity contribution >= 4 is 11.1 Å². The molecule has 2 aliphatic rings. The van der Waals surface area contributed by atoms with Crippen LogP contribution < -0.4 is 0 Å². The highest BCUT2D eigenvalue weighted by Crippen LogP contribution is 2.37. The maximum Gasteiger partial charge on any atom is 0.270 e. The van der Waals surface area contributed by atoms with Crippen molar-refractivity contribution in [1.29, 1.82) is 26.3 Å². The Bertz CT molecular complexity index is 1910. The second-order valence-electron chi connectivity index (χ2n) is 10.5. The highest BCUT2D eigenvalue weighted by atomic mass is 15.2. The molecule has 0 saturated carbocycles. The van der Waals surface area contributed by atoms with Crippen LogP contribution in [0.3, 0.4) is 0 Å². The van der Waals surface area contributed by atoms with Crippen molar-refractivity contribution in [2.24, 2.45) is 5.92 Å². The number of rotatable bonds is 9. The third kappa shape index (κ3) is 7.46. The number of nitriles is 5. The van der Waals surface area contributed by atoms with Gasteiger partial charge in [0.05, 0.1) is 48.1 Å². The van der Waals surface area contributed by atoms with Crippen LogP contribution in [-0.4, -0.2) is 18.0 Å². The maximum absolute atomic E-state index is 10.0. The Morgan fingerprint density at radius 1 is 0.804 bits per heavy atom. The van der Waals surface area contributed by atoms with E-state index in [9.17, 15) is 26.3 Å². The SMILES string of the molecule is [C-]#[N+]/C(C#N)=C(/C(C#N)=C/C=C/C1=C(N2CCCC2)C(=C/C=C/C(C#N)=C(\c2ccccc2)C(C#N)C#N)/CC1)c1ccccc1. The predicted octanol–water partition coefficient (Wildman–Crippen LogP) is 8.11. The highest BCUT2D eigenvalue weighted by Gasteiger charge is 2.25. The zero-order chi connectivity index (χ0) is 32.7. The Kier molecular flexibility index (Phi) is 11.4. The van der Waals surface area contributed by atoms with Gasteiger partial charge in [0.25, 0.3) is 5.70 Å². The van der Waals surface area contributed by atoms with Gasteiger partial charge in [-0.2, -0.15) is 21.0 Å². The molecule has 1 saturated heterocycles. The van der Waals surface area contributed by atoms with Crippen LogP contribution in [0.4, 0.5) is 0 Å². The quantitative estimate of drug-likeness (QED) is 0.164. The van der Waals surface area contributed by atoms with Crippen molar-refractivity contribution in [2.75, 3.05) is 13.1 Å². The topological polar surface area (TPSA) is 127 Å². The lowest BCUT2D eigenvalue weighted by atomic mass is 9.90. The number of hydrogen-bond acceptors (Lipinski definition) is 6. The molecule has 0 aromatic heterocycles. The van der Waals surface area contributed by atoms with Crippen LogP contribution in [-0.2, 0) is 0 Å². The molecule has 4 rings (SSSR count). The summed E-state index contributed by atoms with van der Waals surface area (Å²) in [6, 6.07) is 28.3. The van der Waals surface area contributed by atoms with E-state index in [4.69, 9.17) is 6.57 Å². The van der Waals surface area contributed by atoms with Gasteiger partial charge < -0.3 is 4.90 Å². The van der Waals surface area contributed by atoms with Crippen molar-refractivity contribution < 1.29 is 0 Å². The van der Waals surface area contributed by atoms with Crippen molar-refractivity contribution in [2.45, 2.75) is 25.7 Å². The van der Waals surface area contributed by atoms with Crippen LogP contribution in [0.1, 0.15) is 36.8 Å². The second-order valence-corrected chi connectivity index (χ2v) is 10.5. The number of nitrogens with zero attached hydrogens (tertiary/aromatic N) is 7. The van der Waals surface area contributed by atoms with Gasteiger partial charge in [-0.15, -0.1) is 0 Å². The lowest BCUT2D eigenvalue weighted by molar-refractivity contribution is 0.434. The van der Waals surface area contributed by atoms with Gasteiger partial charge in [0, 0.05) is 29.9 Å². The van der Waals surface area contributed by atoms with E-state index >= 15 is 0 Å². The van der Waals surface area contributed by atoms with Gasteiger partial charge in [-0.3, -0.25) is 0 Å². The minimum atomic E-state index is -1.08. The average Bonchev–Trinajstić information content (AvgIpc) is 3.78. The maximum atomic E-state index is 10.0. The molecule has 2 aromatic carbocycles. The van der Waals surface area contributed by atoms with Crippen molar-refractivity contribution in [3.05, 3.63) is 153 Å². The fraction of sp³-hybridized carbons (Fsp3) is 0.179. The first-order valence-electron chi connectivity index (χ1n) is 14.8. The molecule has 1 fully saturated rings. The summed E-state index contributed by atoms with van der Waals surface area (Å²) in [5, 5.41) is 48.9. The molecule has 7 heteroatoms. The smallest absolute Gasteiger partial charge is 0.270 e. The van der Waals surface area contributed by atoms with Crippen LogP contribution in [0.25, 0.3) is 16.0 Å². The van der Waals surface area contributed by atoms with E-state index in [0.717, 1.165) is 55.6 Å². The largest absolute Gasteiger partial charge is 0.371 e. The molecular weight excluding hydrogens is 566 g/mol. The van der Waals surface area contributed by atoms with Crippen LogP contribution >= 0.6 is 0 Å². The molecule has 1 aliphatic heterocycles. The first-order valence-corrected chi connectivity index (χ1v) is 14.8. The number of allylic oxidation sites excluding steroid dienone is 13. The van der Waals surface area contributed by atoms with E-state index < -0.39 is 5.92 Å². The van der Waals surface area contributed by atoms with Gasteiger partial charge in [-0.1, -0.05) is 85.0 Å². The van der Waals surface area contributed by atoms with Crippen LogP contribution in [0, 0.1) is 69.1 Å². The number of likely N-dealkylation sites (tertiary alicyclic amines) is 1. The van der Waals surface area contributed by atoms with E-state index in [0.29, 0.717) is 22.3 Å². The molecule has 0 unspecified atom stereocenters. The van der Waals surface area contributed by atoms with Crippen molar-refractivity contribution in [3.8, 4) is 30.3 Å². The Labute approximate surface area is 270 Å². The summed E-state index contributed by atoms with van der Waals surface area (Å²) in [6.45, 7) is 9.34. The standard InChI is InChI=1S/C39H29N7/c1-45-36(28-44)38(30-14-6-3-7-15-30)34(25-41)19-11-17-32-21-20-31(39(32)46-22-8-9-23-46)16-10-18-33(24-40)37(35(26-42)27-43)29-12-4-2-5-13-29/h2-7,10-19,35H,8-9,20-23H2/b17-11+,18-10+,31-16+,34-19+,37-33-,38-36+. The van der Waals surface area contributed by atoms with E-state index in [1.165, 1.54) is 0 Å². The fourth-order valence-corrected chi connectivity index (χ4v) is 5.68. The van der Waals surface area contributed by atoms with Gasteiger partial charge in [0.1, 0.15) is 0 Å². The Balaban J connectivity index is 1.73. The molecule has 0 atom stereocenters. The van der Waals surface area contributed by atoms with Gasteiger partial charge in [-0.25, -0.2) is 10.1 Å². The molecule has 0 amide bonds. The van der Waals surface area contributed by atoms with Gasteiger partial charge in [0.2, 0.25) is 0 Å². The minimum absolute atomic E-state index is 0.140. The summed E-state index contributed by atoms with van der Waals surface area (Å²) in [7, 11) is 0. The molecular formula is C39H29N7. The van der Waals surface area contributed by atoms with Crippen LogP contribution in [0.15, 0.2) is 131 Å². The van der Waals surface area contributed by atoms with E-state index in [-0.39, 0.29) is 16.8 Å². The second kappa shape index (κ2) is 16.3. The lowest BCUT2D eigenvalue weighted by Gasteiger charge is -2.22. The molecule has 220 valence electrons. The van der Waals surface area contributed by atoms with E-state index in [2.05, 4.69) is 21.9 Å². The molecule has 1 aliphatic carbocycles. The average molecular weight is 596 g/mol. The molecule has 0 N–H and O–H groups in total. The molecule has 1 heterocycles. The lowest BCUT2D eigenvalue weighted by Crippen LogP contribution is -2.19. The molecule has 46 heavy (non-hydrogen) atoms. The Morgan fingerprint density at radius 2 is 1.46 bits per heavy atom. The van der Waals surface area contributed by atoms with Gasteiger partial charge in [-0.05, 0) is 60.1 Å². The van der Waals surface area contributed by atoms with Crippen molar-refractivity contribution in [1.82, 2.24) is 4.90 Å². The summed E-state index contributed by atoms with van der Waals surface area (Å²) in [4.78, 5) is 5.74. The third-order valence-electron chi connectivity index (χ3n) is 7.76. The summed E-state index contributed by atoms with van der Waals surface area (Å²) >= 11 is 0. The minimum Gasteiger partial charge on any atom is -0.371 e. The summed E-state index contributed by atoms with van der Waals surface area (Å²) < 4.78 is 0. The van der Waals surface area contributed by atoms with Crippen LogP contribution in [0.5, 0.6) is 0 Å². The predicted molar refractivity (Wildman–Crippen MR) is 176 cm³/mol.